The molecule has 2 aliphatic heterocycles. The summed E-state index contributed by atoms with van der Waals surface area (Å²) in [4.78, 5) is 17.9. The van der Waals surface area contributed by atoms with Crippen LogP contribution in [0.4, 0.5) is 0 Å². The molecular weight excluding hydrogens is 492 g/mol. The van der Waals surface area contributed by atoms with Gasteiger partial charge in [-0.05, 0) is 43.0 Å². The number of fused-ring (bicyclic) bond motifs is 2. The van der Waals surface area contributed by atoms with Gasteiger partial charge in [0.2, 0.25) is 0 Å². The number of ether oxygens (including phenoxy) is 1. The summed E-state index contributed by atoms with van der Waals surface area (Å²) in [5.74, 6) is 0.627. The predicted molar refractivity (Wildman–Crippen MR) is 121 cm³/mol. The zero-order chi connectivity index (χ0) is 21.4. The van der Waals surface area contributed by atoms with E-state index in [9.17, 15) is 9.90 Å². The van der Waals surface area contributed by atoms with Crippen LogP contribution < -0.4 is 20.6 Å². The standard InChI is InChI=1S/C20H18BrClN4O3S/c1-3-29-15-8-10(7-13(22)17(15)27)18-23-14-6-5-11(21)9-12(14)16-19(28)24-20(30-4-2)25-26(16)18/h5-9,18,27H,3-4H2,1-2H3,(H,24,25,28). The highest BCUT2D eigenvalue weighted by atomic mass is 79.9. The maximum atomic E-state index is 13.0. The molecule has 0 bridgehead atoms. The number of nitrogens with zero attached hydrogens (tertiary/aromatic N) is 3. The lowest BCUT2D eigenvalue weighted by atomic mass is 10.1. The number of phenols is 1. The Morgan fingerprint density at radius 2 is 2.13 bits per heavy atom. The molecule has 0 saturated heterocycles. The van der Waals surface area contributed by atoms with Gasteiger partial charge in [0, 0.05) is 15.3 Å². The fourth-order valence-electron chi connectivity index (χ4n) is 3.28. The van der Waals surface area contributed by atoms with Gasteiger partial charge in [-0.2, -0.15) is 0 Å². The Kier molecular flexibility index (Phi) is 5.95. The van der Waals surface area contributed by atoms with Crippen LogP contribution in [-0.2, 0) is 4.79 Å². The lowest BCUT2D eigenvalue weighted by Gasteiger charge is -2.34. The first-order valence-corrected chi connectivity index (χ1v) is 11.4. The van der Waals surface area contributed by atoms with Crippen LogP contribution >= 0.6 is 39.3 Å². The van der Waals surface area contributed by atoms with Crippen molar-refractivity contribution in [2.75, 3.05) is 12.4 Å². The highest BCUT2D eigenvalue weighted by molar-refractivity contribution is 9.10. The minimum absolute atomic E-state index is 0.131. The summed E-state index contributed by atoms with van der Waals surface area (Å²) in [6.45, 7) is 4.17. The van der Waals surface area contributed by atoms with Crippen molar-refractivity contribution in [2.24, 2.45) is 10.1 Å². The van der Waals surface area contributed by atoms with E-state index < -0.39 is 6.17 Å². The highest BCUT2D eigenvalue weighted by Crippen LogP contribution is 2.40. The first kappa shape index (κ1) is 21.0. The van der Waals surface area contributed by atoms with E-state index in [0.717, 1.165) is 10.2 Å². The number of hydrogen-bond donors (Lipinski definition) is 2. The maximum absolute atomic E-state index is 13.0. The number of carbonyl (C=O) groups is 1. The van der Waals surface area contributed by atoms with E-state index in [0.29, 0.717) is 33.6 Å². The zero-order valence-electron chi connectivity index (χ0n) is 16.1. The topological polar surface area (TPSA) is 86.5 Å². The number of amidine groups is 1. The van der Waals surface area contributed by atoms with Crippen molar-refractivity contribution in [3.05, 3.63) is 56.0 Å². The first-order chi connectivity index (χ1) is 14.4. The normalized spacial score (nSPS) is 17.5. The molecular formula is C20H18BrClN4O3S. The van der Waals surface area contributed by atoms with Crippen molar-refractivity contribution >= 4 is 56.1 Å². The number of halogens is 2. The van der Waals surface area contributed by atoms with Crippen LogP contribution in [0, 0.1) is 0 Å². The molecule has 30 heavy (non-hydrogen) atoms. The number of thioether (sulfide) groups is 1. The molecule has 4 rings (SSSR count). The number of aromatic hydroxyl groups is 1. The van der Waals surface area contributed by atoms with Crippen LogP contribution in [0.15, 0.2) is 44.9 Å². The number of rotatable bonds is 4. The molecule has 0 fully saturated rings. The average Bonchev–Trinajstić information content (AvgIpc) is 2.71. The lowest BCUT2D eigenvalue weighted by Crippen LogP contribution is -2.50. The van der Waals surface area contributed by atoms with Crippen LogP contribution in [-0.4, -0.2) is 33.6 Å². The van der Waals surface area contributed by atoms with Crippen LogP contribution in [0.25, 0.3) is 5.70 Å². The molecule has 1 unspecified atom stereocenters. The van der Waals surface area contributed by atoms with E-state index in [-0.39, 0.29) is 22.4 Å². The summed E-state index contributed by atoms with van der Waals surface area (Å²) in [6, 6.07) is 8.85. The Morgan fingerprint density at radius 1 is 1.33 bits per heavy atom. The van der Waals surface area contributed by atoms with Gasteiger partial charge in [-0.25, -0.2) is 5.01 Å². The molecule has 0 radical (unpaired) electrons. The molecule has 2 aromatic carbocycles. The van der Waals surface area contributed by atoms with E-state index in [4.69, 9.17) is 21.3 Å². The van der Waals surface area contributed by atoms with Gasteiger partial charge in [0.25, 0.3) is 5.91 Å². The van der Waals surface area contributed by atoms with Crippen LogP contribution in [0.2, 0.25) is 5.02 Å². The third kappa shape index (κ3) is 3.77. The number of hydrogen-bond acceptors (Lipinski definition) is 7. The second-order valence-corrected chi connectivity index (χ2v) is 9.01. The molecule has 7 nitrogen and oxygen atoms in total. The van der Waals surface area contributed by atoms with Gasteiger partial charge in [-0.3, -0.25) is 15.1 Å². The fourth-order valence-corrected chi connectivity index (χ4v) is 4.44. The van der Waals surface area contributed by atoms with E-state index in [1.54, 1.807) is 17.1 Å². The molecule has 0 aromatic heterocycles. The zero-order valence-corrected chi connectivity index (χ0v) is 19.3. The monoisotopic (exact) mass is 508 g/mol. The summed E-state index contributed by atoms with van der Waals surface area (Å²) in [7, 11) is 0. The van der Waals surface area contributed by atoms with Gasteiger partial charge in [0.15, 0.2) is 22.8 Å². The van der Waals surface area contributed by atoms with Crippen LogP contribution in [0.5, 0.6) is 11.5 Å². The largest absolute Gasteiger partial charge is 0.503 e. The van der Waals surface area contributed by atoms with Gasteiger partial charge in [0.1, 0.15) is 5.70 Å². The minimum Gasteiger partial charge on any atom is -0.503 e. The molecule has 2 N–H and O–H groups in total. The molecule has 156 valence electrons. The fraction of sp³-hybridized carbons (Fsp3) is 0.250. The molecule has 1 atom stereocenters. The van der Waals surface area contributed by atoms with Gasteiger partial charge < -0.3 is 9.84 Å². The Bertz CT molecular complexity index is 1190. The first-order valence-electron chi connectivity index (χ1n) is 9.27. The molecule has 1 amide bonds. The molecule has 2 aromatic rings. The summed E-state index contributed by atoms with van der Waals surface area (Å²) in [5, 5.41) is 21.3. The van der Waals surface area contributed by atoms with E-state index in [1.807, 2.05) is 32.0 Å². The van der Waals surface area contributed by atoms with Crippen LogP contribution in [0.1, 0.15) is 25.6 Å². The Balaban J connectivity index is 1.96. The Hall–Kier alpha value is -2.23. The molecule has 10 heteroatoms. The highest BCUT2D eigenvalue weighted by Gasteiger charge is 2.35. The van der Waals surface area contributed by atoms with E-state index in [1.165, 1.54) is 11.8 Å². The van der Waals surface area contributed by atoms with Crippen molar-refractivity contribution in [2.45, 2.75) is 20.0 Å². The average molecular weight is 510 g/mol. The van der Waals surface area contributed by atoms with Crippen molar-refractivity contribution in [3.8, 4) is 11.5 Å². The van der Waals surface area contributed by atoms with E-state index >= 15 is 0 Å². The quantitative estimate of drug-likeness (QED) is 0.661. The number of hydrazone groups is 1. The number of benzene rings is 2. The molecule has 2 aliphatic rings. The van der Waals surface area contributed by atoms with Crippen molar-refractivity contribution in [1.29, 1.82) is 0 Å². The summed E-state index contributed by atoms with van der Waals surface area (Å²) in [6.07, 6.45) is -0.649. The van der Waals surface area contributed by atoms with Crippen LogP contribution in [0.3, 0.4) is 0 Å². The Labute approximate surface area is 190 Å². The van der Waals surface area contributed by atoms with E-state index in [2.05, 4.69) is 26.3 Å². The van der Waals surface area contributed by atoms with Gasteiger partial charge in [-0.15, -0.1) is 5.10 Å². The molecule has 0 spiro atoms. The number of nitrogens with one attached hydrogen (secondary N) is 1. The summed E-state index contributed by atoms with van der Waals surface area (Å²) < 4.78 is 6.36. The second-order valence-electron chi connectivity index (χ2n) is 6.43. The molecule has 0 saturated carbocycles. The number of carbonyl (C=O) groups excluding carboxylic acids is 1. The van der Waals surface area contributed by atoms with Crippen molar-refractivity contribution in [3.63, 3.8) is 0 Å². The van der Waals surface area contributed by atoms with Crippen molar-refractivity contribution in [1.82, 2.24) is 10.3 Å². The smallest absolute Gasteiger partial charge is 0.276 e. The van der Waals surface area contributed by atoms with Gasteiger partial charge >= 0.3 is 0 Å². The SMILES string of the molecule is CCOc1cc(C2N=c3ccc(Br)cc3=C3C(=O)NC(SCC)=NN32)cc(Cl)c1O. The molecule has 0 aliphatic carbocycles. The summed E-state index contributed by atoms with van der Waals surface area (Å²) >= 11 is 11.1. The predicted octanol–water partition coefficient (Wildman–Crippen LogP) is 3.10. The third-order valence-corrected chi connectivity index (χ3v) is 6.03. The third-order valence-electron chi connectivity index (χ3n) is 4.50. The minimum atomic E-state index is -0.649. The Morgan fingerprint density at radius 3 is 2.87 bits per heavy atom. The number of amides is 1. The van der Waals surface area contributed by atoms with Gasteiger partial charge in [-0.1, -0.05) is 46.2 Å². The lowest BCUT2D eigenvalue weighted by molar-refractivity contribution is -0.116. The van der Waals surface area contributed by atoms with Crippen molar-refractivity contribution < 1.29 is 14.6 Å². The second kappa shape index (κ2) is 8.49. The molecule has 2 heterocycles. The maximum Gasteiger partial charge on any atom is 0.276 e. The van der Waals surface area contributed by atoms with Gasteiger partial charge in [0.05, 0.1) is 17.0 Å². The number of phenolic OH excluding ortho intramolecular Hbond substituents is 1. The summed E-state index contributed by atoms with van der Waals surface area (Å²) in [5.41, 5.74) is 1.04.